The highest BCUT2D eigenvalue weighted by Crippen LogP contribution is 2.28. The molecule has 5 heteroatoms. The van der Waals surface area contributed by atoms with E-state index in [9.17, 15) is 8.42 Å². The van der Waals surface area contributed by atoms with Crippen molar-refractivity contribution in [2.45, 2.75) is 46.1 Å². The molecule has 0 amide bonds. The molecule has 0 spiro atoms. The standard InChI is InChI=1S/C13H22N2O2S/c1-4-18(16,17)15-7-5-6-13-12(9-15)11(8-14-13)10(2)3/h8,10,14H,4-7,9H2,1-3H3. The monoisotopic (exact) mass is 270 g/mol. The molecule has 1 aliphatic rings. The van der Waals surface area contributed by atoms with Gasteiger partial charge in [0.1, 0.15) is 0 Å². The number of nitrogens with one attached hydrogen (secondary N) is 1. The number of sulfonamides is 1. The van der Waals surface area contributed by atoms with E-state index in [1.54, 1.807) is 11.2 Å². The number of aromatic nitrogens is 1. The highest BCUT2D eigenvalue weighted by Gasteiger charge is 2.26. The van der Waals surface area contributed by atoms with Crippen LogP contribution in [-0.2, 0) is 23.0 Å². The minimum Gasteiger partial charge on any atom is -0.364 e. The van der Waals surface area contributed by atoms with Crippen LogP contribution in [0.4, 0.5) is 0 Å². The first-order valence-electron chi connectivity index (χ1n) is 6.62. The predicted octanol–water partition coefficient (Wildman–Crippen LogP) is 2.24. The molecule has 1 N–H and O–H groups in total. The van der Waals surface area contributed by atoms with Crippen LogP contribution in [0.15, 0.2) is 6.20 Å². The number of hydrogen-bond donors (Lipinski definition) is 1. The minimum absolute atomic E-state index is 0.184. The molecule has 18 heavy (non-hydrogen) atoms. The van der Waals surface area contributed by atoms with Gasteiger partial charge in [0, 0.05) is 25.0 Å². The normalized spacial score (nSPS) is 17.8. The number of aromatic amines is 1. The fourth-order valence-electron chi connectivity index (χ4n) is 2.55. The Morgan fingerprint density at radius 2 is 2.17 bits per heavy atom. The van der Waals surface area contributed by atoms with Crippen LogP contribution < -0.4 is 0 Å². The van der Waals surface area contributed by atoms with E-state index in [4.69, 9.17) is 0 Å². The van der Waals surface area contributed by atoms with Gasteiger partial charge in [0.25, 0.3) is 0 Å². The molecule has 0 radical (unpaired) electrons. The van der Waals surface area contributed by atoms with E-state index < -0.39 is 10.0 Å². The molecule has 4 nitrogen and oxygen atoms in total. The van der Waals surface area contributed by atoms with Gasteiger partial charge in [-0.1, -0.05) is 13.8 Å². The average molecular weight is 270 g/mol. The largest absolute Gasteiger partial charge is 0.364 e. The van der Waals surface area contributed by atoms with E-state index in [-0.39, 0.29) is 5.75 Å². The molecule has 0 unspecified atom stereocenters. The Labute approximate surface area is 109 Å². The van der Waals surface area contributed by atoms with Gasteiger partial charge in [0.2, 0.25) is 10.0 Å². The van der Waals surface area contributed by atoms with Crippen LogP contribution in [0, 0.1) is 0 Å². The Balaban J connectivity index is 2.36. The molecule has 0 aliphatic carbocycles. The highest BCUT2D eigenvalue weighted by molar-refractivity contribution is 7.89. The quantitative estimate of drug-likeness (QED) is 0.915. The maximum atomic E-state index is 12.0. The first-order chi connectivity index (χ1) is 8.45. The second kappa shape index (κ2) is 5.05. The molecule has 1 aliphatic heterocycles. The first-order valence-corrected chi connectivity index (χ1v) is 8.23. The van der Waals surface area contributed by atoms with Crippen molar-refractivity contribution in [2.75, 3.05) is 12.3 Å². The molecular weight excluding hydrogens is 248 g/mol. The lowest BCUT2D eigenvalue weighted by Crippen LogP contribution is -2.32. The maximum absolute atomic E-state index is 12.0. The third-order valence-electron chi connectivity index (χ3n) is 3.66. The number of fused-ring (bicyclic) bond motifs is 1. The molecule has 0 saturated carbocycles. The van der Waals surface area contributed by atoms with Crippen LogP contribution >= 0.6 is 0 Å². The van der Waals surface area contributed by atoms with Gasteiger partial charge in [-0.05, 0) is 36.8 Å². The van der Waals surface area contributed by atoms with Gasteiger partial charge in [-0.15, -0.1) is 0 Å². The van der Waals surface area contributed by atoms with Gasteiger partial charge in [-0.2, -0.15) is 4.31 Å². The summed E-state index contributed by atoms with van der Waals surface area (Å²) in [6.07, 6.45) is 3.87. The van der Waals surface area contributed by atoms with Crippen molar-refractivity contribution in [1.82, 2.24) is 9.29 Å². The van der Waals surface area contributed by atoms with E-state index in [1.165, 1.54) is 16.8 Å². The Bertz CT molecular complexity index is 517. The SMILES string of the molecule is CCS(=O)(=O)N1CCCc2[nH]cc(C(C)C)c2C1. The molecule has 1 aromatic rings. The molecule has 0 bridgehead atoms. The van der Waals surface area contributed by atoms with E-state index in [0.29, 0.717) is 19.0 Å². The molecule has 2 rings (SSSR count). The predicted molar refractivity (Wildman–Crippen MR) is 73.1 cm³/mol. The molecule has 2 heterocycles. The summed E-state index contributed by atoms with van der Waals surface area (Å²) in [4.78, 5) is 3.32. The fourth-order valence-corrected chi connectivity index (χ4v) is 3.64. The zero-order valence-corrected chi connectivity index (χ0v) is 12.2. The first kappa shape index (κ1) is 13.6. The minimum atomic E-state index is -3.09. The third-order valence-corrected chi connectivity index (χ3v) is 5.49. The van der Waals surface area contributed by atoms with Gasteiger partial charge < -0.3 is 4.98 Å². The average Bonchev–Trinajstić information content (AvgIpc) is 2.59. The van der Waals surface area contributed by atoms with Crippen LogP contribution in [0.2, 0.25) is 0 Å². The van der Waals surface area contributed by atoms with Crippen molar-refractivity contribution in [1.29, 1.82) is 0 Å². The summed E-state index contributed by atoms with van der Waals surface area (Å²) in [5, 5.41) is 0. The van der Waals surface area contributed by atoms with Crippen LogP contribution in [-0.4, -0.2) is 30.0 Å². The summed E-state index contributed by atoms with van der Waals surface area (Å²) in [5.74, 6) is 0.610. The molecule has 0 atom stereocenters. The summed E-state index contributed by atoms with van der Waals surface area (Å²) >= 11 is 0. The number of rotatable bonds is 3. The summed E-state index contributed by atoms with van der Waals surface area (Å²) in [6, 6.07) is 0. The molecular formula is C13H22N2O2S. The highest BCUT2D eigenvalue weighted by atomic mass is 32.2. The summed E-state index contributed by atoms with van der Waals surface area (Å²) in [6.45, 7) is 7.17. The number of H-pyrrole nitrogens is 1. The second-order valence-electron chi connectivity index (χ2n) is 5.19. The van der Waals surface area contributed by atoms with Crippen molar-refractivity contribution < 1.29 is 8.42 Å². The Morgan fingerprint density at radius 3 is 2.78 bits per heavy atom. The maximum Gasteiger partial charge on any atom is 0.214 e. The van der Waals surface area contributed by atoms with E-state index in [0.717, 1.165) is 12.8 Å². The van der Waals surface area contributed by atoms with Crippen molar-refractivity contribution in [3.8, 4) is 0 Å². The summed E-state index contributed by atoms with van der Waals surface area (Å²) < 4.78 is 25.7. The number of nitrogens with zero attached hydrogens (tertiary/aromatic N) is 1. The molecule has 0 saturated heterocycles. The Kier molecular flexibility index (Phi) is 3.82. The second-order valence-corrected chi connectivity index (χ2v) is 7.45. The lowest BCUT2D eigenvalue weighted by molar-refractivity contribution is 0.409. The lowest BCUT2D eigenvalue weighted by atomic mass is 10.00. The zero-order chi connectivity index (χ0) is 13.3. The van der Waals surface area contributed by atoms with Gasteiger partial charge in [-0.3, -0.25) is 0 Å². The third kappa shape index (κ3) is 2.47. The van der Waals surface area contributed by atoms with E-state index in [1.807, 2.05) is 6.20 Å². The van der Waals surface area contributed by atoms with Crippen LogP contribution in [0.25, 0.3) is 0 Å². The van der Waals surface area contributed by atoms with Crippen molar-refractivity contribution in [3.63, 3.8) is 0 Å². The van der Waals surface area contributed by atoms with Crippen molar-refractivity contribution >= 4 is 10.0 Å². The van der Waals surface area contributed by atoms with Crippen molar-refractivity contribution in [2.24, 2.45) is 0 Å². The molecule has 1 aromatic heterocycles. The van der Waals surface area contributed by atoms with Gasteiger partial charge >= 0.3 is 0 Å². The fraction of sp³-hybridized carbons (Fsp3) is 0.692. The van der Waals surface area contributed by atoms with Crippen LogP contribution in [0.5, 0.6) is 0 Å². The smallest absolute Gasteiger partial charge is 0.214 e. The number of hydrogen-bond acceptors (Lipinski definition) is 2. The van der Waals surface area contributed by atoms with Gasteiger partial charge in [0.15, 0.2) is 0 Å². The van der Waals surface area contributed by atoms with E-state index >= 15 is 0 Å². The summed E-state index contributed by atoms with van der Waals surface area (Å²) in [7, 11) is -3.09. The molecule has 0 fully saturated rings. The van der Waals surface area contributed by atoms with Crippen LogP contribution in [0.3, 0.4) is 0 Å². The molecule has 102 valence electrons. The van der Waals surface area contributed by atoms with E-state index in [2.05, 4.69) is 18.8 Å². The Hall–Kier alpha value is -0.810. The zero-order valence-electron chi connectivity index (χ0n) is 11.4. The molecule has 0 aromatic carbocycles. The van der Waals surface area contributed by atoms with Gasteiger partial charge in [0.05, 0.1) is 5.75 Å². The van der Waals surface area contributed by atoms with Crippen LogP contribution in [0.1, 0.15) is 49.9 Å². The van der Waals surface area contributed by atoms with Gasteiger partial charge in [-0.25, -0.2) is 8.42 Å². The lowest BCUT2D eigenvalue weighted by Gasteiger charge is -2.20. The Morgan fingerprint density at radius 1 is 1.44 bits per heavy atom. The topological polar surface area (TPSA) is 53.2 Å². The number of aryl methyl sites for hydroxylation is 1. The van der Waals surface area contributed by atoms with Crippen molar-refractivity contribution in [3.05, 3.63) is 23.0 Å². The summed E-state index contributed by atoms with van der Waals surface area (Å²) in [5.41, 5.74) is 3.66.